The number of nitrogens with two attached hydrogens (primary N) is 1. The molecule has 2 heterocycles. The zero-order valence-electron chi connectivity index (χ0n) is 16.6. The summed E-state index contributed by atoms with van der Waals surface area (Å²) in [6, 6.07) is 26.9. The Hall–Kier alpha value is -3.24. The van der Waals surface area contributed by atoms with Crippen LogP contribution in [0.4, 0.5) is 17.2 Å². The second-order valence-electron chi connectivity index (χ2n) is 7.62. The molecule has 0 saturated carbocycles. The fraction of sp³-hybridized carbons (Fsp3) is 0.160. The number of hydrogen-bond acceptors (Lipinski definition) is 4. The van der Waals surface area contributed by atoms with E-state index in [0.29, 0.717) is 5.82 Å². The van der Waals surface area contributed by atoms with Crippen molar-refractivity contribution in [2.24, 2.45) is 0 Å². The molecule has 1 aromatic heterocycles. The molecule has 1 aliphatic rings. The predicted octanol–water partition coefficient (Wildman–Crippen LogP) is 5.46. The number of benzene rings is 3. The first-order chi connectivity index (χ1) is 14.7. The lowest BCUT2D eigenvalue weighted by Gasteiger charge is -2.37. The second-order valence-corrected chi connectivity index (χ2v) is 8.03. The minimum atomic E-state index is 0.546. The number of rotatable bonds is 3. The van der Waals surface area contributed by atoms with E-state index < -0.39 is 0 Å². The summed E-state index contributed by atoms with van der Waals surface area (Å²) in [5.74, 6) is 0.546. The number of aromatic nitrogens is 1. The van der Waals surface area contributed by atoms with Gasteiger partial charge in [0.1, 0.15) is 5.82 Å². The van der Waals surface area contributed by atoms with Gasteiger partial charge in [-0.25, -0.2) is 4.98 Å². The number of halogens is 1. The van der Waals surface area contributed by atoms with Gasteiger partial charge >= 0.3 is 0 Å². The maximum Gasteiger partial charge on any atom is 0.126 e. The molecule has 4 aromatic rings. The van der Waals surface area contributed by atoms with Crippen molar-refractivity contribution in [1.29, 1.82) is 0 Å². The van der Waals surface area contributed by atoms with Crippen molar-refractivity contribution < 1.29 is 0 Å². The molecule has 5 rings (SSSR count). The molecular weight excluding hydrogens is 392 g/mol. The Balaban J connectivity index is 1.39. The molecular formula is C25H23ClN4. The van der Waals surface area contributed by atoms with E-state index in [1.54, 1.807) is 0 Å². The number of pyridine rings is 1. The van der Waals surface area contributed by atoms with E-state index in [2.05, 4.69) is 69.4 Å². The molecule has 0 unspecified atom stereocenters. The lowest BCUT2D eigenvalue weighted by atomic mass is 10.0. The minimum Gasteiger partial charge on any atom is -0.384 e. The quantitative estimate of drug-likeness (QED) is 0.483. The Morgan fingerprint density at radius 2 is 1.43 bits per heavy atom. The van der Waals surface area contributed by atoms with Crippen LogP contribution in [-0.2, 0) is 0 Å². The van der Waals surface area contributed by atoms with Crippen LogP contribution in [0.3, 0.4) is 0 Å². The highest BCUT2D eigenvalue weighted by atomic mass is 35.5. The van der Waals surface area contributed by atoms with Gasteiger partial charge in [-0.15, -0.1) is 0 Å². The van der Waals surface area contributed by atoms with Gasteiger partial charge < -0.3 is 15.5 Å². The summed E-state index contributed by atoms with van der Waals surface area (Å²) in [5.41, 5.74) is 10.4. The van der Waals surface area contributed by atoms with Gasteiger partial charge in [0.2, 0.25) is 0 Å². The minimum absolute atomic E-state index is 0.546. The largest absolute Gasteiger partial charge is 0.384 e. The molecule has 4 nitrogen and oxygen atoms in total. The fourth-order valence-electron chi connectivity index (χ4n) is 4.13. The Morgan fingerprint density at radius 3 is 2.23 bits per heavy atom. The van der Waals surface area contributed by atoms with Crippen molar-refractivity contribution >= 4 is 39.6 Å². The average Bonchev–Trinajstić information content (AvgIpc) is 2.79. The third-order valence-corrected chi connectivity index (χ3v) is 6.03. The number of nitrogens with zero attached hydrogens (tertiary/aromatic N) is 3. The Morgan fingerprint density at radius 1 is 0.733 bits per heavy atom. The summed E-state index contributed by atoms with van der Waals surface area (Å²) < 4.78 is 0. The molecule has 1 aliphatic heterocycles. The highest BCUT2D eigenvalue weighted by Crippen LogP contribution is 2.30. The molecule has 2 N–H and O–H groups in total. The highest BCUT2D eigenvalue weighted by Gasteiger charge is 2.20. The first-order valence-electron chi connectivity index (χ1n) is 10.2. The molecule has 30 heavy (non-hydrogen) atoms. The van der Waals surface area contributed by atoms with Gasteiger partial charge in [0, 0.05) is 43.5 Å². The van der Waals surface area contributed by atoms with Crippen LogP contribution in [0.5, 0.6) is 0 Å². The van der Waals surface area contributed by atoms with Crippen LogP contribution in [0.25, 0.3) is 22.0 Å². The molecule has 3 aromatic carbocycles. The van der Waals surface area contributed by atoms with Crippen LogP contribution in [0.2, 0.25) is 5.02 Å². The lowest BCUT2D eigenvalue weighted by Crippen LogP contribution is -2.46. The molecule has 0 radical (unpaired) electrons. The van der Waals surface area contributed by atoms with Gasteiger partial charge in [0.25, 0.3) is 0 Å². The van der Waals surface area contributed by atoms with Gasteiger partial charge in [-0.05, 0) is 35.0 Å². The van der Waals surface area contributed by atoms with E-state index in [9.17, 15) is 0 Å². The smallest absolute Gasteiger partial charge is 0.126 e. The van der Waals surface area contributed by atoms with E-state index in [1.807, 2.05) is 24.3 Å². The summed E-state index contributed by atoms with van der Waals surface area (Å²) >= 11 is 6.38. The summed E-state index contributed by atoms with van der Waals surface area (Å²) in [7, 11) is 0. The standard InChI is InChI=1S/C25H23ClN4/c26-22-7-3-4-8-24(22)30-13-11-29(12-14-30)21-16-23(28-25(27)17-21)20-10-9-18-5-1-2-6-19(18)15-20/h1-10,15-17H,11-14H2,(H2,27,28). The van der Waals surface area contributed by atoms with E-state index in [4.69, 9.17) is 17.3 Å². The monoisotopic (exact) mass is 414 g/mol. The van der Waals surface area contributed by atoms with Crippen LogP contribution in [-0.4, -0.2) is 31.2 Å². The van der Waals surface area contributed by atoms with E-state index in [0.717, 1.165) is 53.8 Å². The van der Waals surface area contributed by atoms with Crippen molar-refractivity contribution in [3.8, 4) is 11.3 Å². The zero-order chi connectivity index (χ0) is 20.5. The molecule has 0 amide bonds. The highest BCUT2D eigenvalue weighted by molar-refractivity contribution is 6.33. The number of piperazine rings is 1. The Labute approximate surface area is 181 Å². The van der Waals surface area contributed by atoms with Crippen molar-refractivity contribution in [3.05, 3.63) is 83.9 Å². The summed E-state index contributed by atoms with van der Waals surface area (Å²) in [6.45, 7) is 3.65. The van der Waals surface area contributed by atoms with E-state index >= 15 is 0 Å². The zero-order valence-corrected chi connectivity index (χ0v) is 17.4. The first kappa shape index (κ1) is 18.8. The normalized spacial score (nSPS) is 14.3. The number of nitrogen functional groups attached to an aromatic ring is 1. The molecule has 5 heteroatoms. The van der Waals surface area contributed by atoms with E-state index in [1.165, 1.54) is 10.8 Å². The maximum absolute atomic E-state index is 6.38. The topological polar surface area (TPSA) is 45.4 Å². The number of anilines is 3. The molecule has 0 atom stereocenters. The molecule has 0 aliphatic carbocycles. The third kappa shape index (κ3) is 3.66. The van der Waals surface area contributed by atoms with Gasteiger partial charge in [0.15, 0.2) is 0 Å². The lowest BCUT2D eigenvalue weighted by molar-refractivity contribution is 0.653. The Kier molecular flexibility index (Phi) is 4.93. The van der Waals surface area contributed by atoms with Crippen molar-refractivity contribution in [3.63, 3.8) is 0 Å². The van der Waals surface area contributed by atoms with Crippen LogP contribution in [0.1, 0.15) is 0 Å². The molecule has 1 fully saturated rings. The van der Waals surface area contributed by atoms with Crippen LogP contribution in [0, 0.1) is 0 Å². The van der Waals surface area contributed by atoms with Crippen LogP contribution < -0.4 is 15.5 Å². The van der Waals surface area contributed by atoms with Crippen LogP contribution in [0.15, 0.2) is 78.9 Å². The predicted molar refractivity (Wildman–Crippen MR) is 127 cm³/mol. The average molecular weight is 415 g/mol. The maximum atomic E-state index is 6.38. The van der Waals surface area contributed by atoms with Crippen LogP contribution >= 0.6 is 11.6 Å². The molecule has 0 bridgehead atoms. The summed E-state index contributed by atoms with van der Waals surface area (Å²) in [6.07, 6.45) is 0. The summed E-state index contributed by atoms with van der Waals surface area (Å²) in [4.78, 5) is 9.31. The van der Waals surface area contributed by atoms with Crippen molar-refractivity contribution in [2.45, 2.75) is 0 Å². The van der Waals surface area contributed by atoms with Gasteiger partial charge in [-0.3, -0.25) is 0 Å². The van der Waals surface area contributed by atoms with Gasteiger partial charge in [-0.1, -0.05) is 60.1 Å². The molecule has 1 saturated heterocycles. The van der Waals surface area contributed by atoms with E-state index in [-0.39, 0.29) is 0 Å². The van der Waals surface area contributed by atoms with Crippen molar-refractivity contribution in [2.75, 3.05) is 41.7 Å². The second kappa shape index (κ2) is 7.88. The molecule has 0 spiro atoms. The first-order valence-corrected chi connectivity index (χ1v) is 10.6. The van der Waals surface area contributed by atoms with Crippen molar-refractivity contribution in [1.82, 2.24) is 4.98 Å². The fourth-order valence-corrected chi connectivity index (χ4v) is 4.38. The summed E-state index contributed by atoms with van der Waals surface area (Å²) in [5, 5.41) is 3.23. The third-order valence-electron chi connectivity index (χ3n) is 5.71. The number of para-hydroxylation sites is 1. The van der Waals surface area contributed by atoms with Gasteiger partial charge in [0.05, 0.1) is 16.4 Å². The Bertz CT molecular complexity index is 1200. The van der Waals surface area contributed by atoms with Gasteiger partial charge in [-0.2, -0.15) is 0 Å². The molecule has 150 valence electrons. The number of hydrogen-bond donors (Lipinski definition) is 1. The number of fused-ring (bicyclic) bond motifs is 1. The SMILES string of the molecule is Nc1cc(N2CCN(c3ccccc3Cl)CC2)cc(-c2ccc3ccccc3c2)n1.